The molecule has 1 aromatic rings. The standard InChI is InChI=1S/C13H20N2O/c14-8-10-6-11-3-4-12(7-10)15(11)9-13-2-1-5-16-13/h1-2,5,10-12H,3-4,6-9,14H2. The van der Waals surface area contributed by atoms with Gasteiger partial charge in [0.05, 0.1) is 12.8 Å². The van der Waals surface area contributed by atoms with E-state index in [0.29, 0.717) is 0 Å². The van der Waals surface area contributed by atoms with Crippen LogP contribution in [0.15, 0.2) is 22.8 Å². The minimum absolute atomic E-state index is 0.748. The van der Waals surface area contributed by atoms with Gasteiger partial charge in [-0.25, -0.2) is 0 Å². The summed E-state index contributed by atoms with van der Waals surface area (Å²) in [6.45, 7) is 1.85. The van der Waals surface area contributed by atoms with Gasteiger partial charge in [-0.1, -0.05) is 0 Å². The predicted molar refractivity (Wildman–Crippen MR) is 62.8 cm³/mol. The van der Waals surface area contributed by atoms with Gasteiger partial charge in [-0.15, -0.1) is 0 Å². The van der Waals surface area contributed by atoms with Crippen molar-refractivity contribution in [2.75, 3.05) is 6.54 Å². The van der Waals surface area contributed by atoms with Gasteiger partial charge in [0.1, 0.15) is 5.76 Å². The molecular weight excluding hydrogens is 200 g/mol. The molecule has 3 nitrogen and oxygen atoms in total. The lowest BCUT2D eigenvalue weighted by Gasteiger charge is -2.38. The molecule has 2 atom stereocenters. The molecule has 0 radical (unpaired) electrons. The van der Waals surface area contributed by atoms with Crippen molar-refractivity contribution in [1.29, 1.82) is 0 Å². The third-order valence-corrected chi connectivity index (χ3v) is 4.23. The molecule has 2 fully saturated rings. The first-order chi connectivity index (χ1) is 7.86. The fourth-order valence-electron chi connectivity index (χ4n) is 3.42. The molecule has 0 amide bonds. The molecule has 2 saturated heterocycles. The Morgan fingerprint density at radius 3 is 2.62 bits per heavy atom. The number of fused-ring (bicyclic) bond motifs is 2. The fourth-order valence-corrected chi connectivity index (χ4v) is 3.42. The quantitative estimate of drug-likeness (QED) is 0.847. The molecule has 0 aliphatic carbocycles. The Labute approximate surface area is 96.6 Å². The van der Waals surface area contributed by atoms with Gasteiger partial charge in [0.2, 0.25) is 0 Å². The highest BCUT2D eigenvalue weighted by Gasteiger charge is 2.40. The van der Waals surface area contributed by atoms with Crippen LogP contribution in [0.25, 0.3) is 0 Å². The highest BCUT2D eigenvalue weighted by molar-refractivity contribution is 5.02. The van der Waals surface area contributed by atoms with Crippen LogP contribution in [-0.4, -0.2) is 23.5 Å². The van der Waals surface area contributed by atoms with Crippen LogP contribution in [0.5, 0.6) is 0 Å². The first-order valence-electron chi connectivity index (χ1n) is 6.35. The van der Waals surface area contributed by atoms with Crippen LogP contribution in [0.4, 0.5) is 0 Å². The van der Waals surface area contributed by atoms with Crippen molar-refractivity contribution in [2.45, 2.75) is 44.3 Å². The zero-order chi connectivity index (χ0) is 11.0. The van der Waals surface area contributed by atoms with Gasteiger partial charge >= 0.3 is 0 Å². The molecule has 1 aromatic heterocycles. The maximum atomic E-state index is 5.80. The summed E-state index contributed by atoms with van der Waals surface area (Å²) < 4.78 is 5.45. The molecule has 2 bridgehead atoms. The molecule has 2 N–H and O–H groups in total. The van der Waals surface area contributed by atoms with Gasteiger partial charge in [-0.05, 0) is 50.3 Å². The topological polar surface area (TPSA) is 42.4 Å². The lowest BCUT2D eigenvalue weighted by Crippen LogP contribution is -2.43. The van der Waals surface area contributed by atoms with E-state index in [2.05, 4.69) is 11.0 Å². The summed E-state index contributed by atoms with van der Waals surface area (Å²) in [5.41, 5.74) is 5.80. The second-order valence-electron chi connectivity index (χ2n) is 5.21. The van der Waals surface area contributed by atoms with Crippen molar-refractivity contribution in [2.24, 2.45) is 11.7 Å². The third-order valence-electron chi connectivity index (χ3n) is 4.23. The van der Waals surface area contributed by atoms with Crippen molar-refractivity contribution in [3.8, 4) is 0 Å². The number of nitrogens with zero attached hydrogens (tertiary/aromatic N) is 1. The molecule has 88 valence electrons. The van der Waals surface area contributed by atoms with Gasteiger partial charge in [0, 0.05) is 12.1 Å². The Bertz CT molecular complexity index is 322. The minimum atomic E-state index is 0.748. The molecule has 3 heteroatoms. The van der Waals surface area contributed by atoms with Gasteiger partial charge in [-0.3, -0.25) is 4.90 Å². The fraction of sp³-hybridized carbons (Fsp3) is 0.692. The van der Waals surface area contributed by atoms with Crippen molar-refractivity contribution in [3.05, 3.63) is 24.2 Å². The predicted octanol–water partition coefficient (Wildman–Crippen LogP) is 1.98. The second kappa shape index (κ2) is 4.22. The van der Waals surface area contributed by atoms with Crippen LogP contribution in [0, 0.1) is 5.92 Å². The maximum absolute atomic E-state index is 5.80. The van der Waals surface area contributed by atoms with Crippen molar-refractivity contribution >= 4 is 0 Å². The average molecular weight is 220 g/mol. The second-order valence-corrected chi connectivity index (χ2v) is 5.21. The molecule has 3 rings (SSSR count). The summed E-state index contributed by atoms with van der Waals surface area (Å²) in [7, 11) is 0. The SMILES string of the molecule is NCC1CC2CCC(C1)N2Cc1ccco1. The molecule has 0 saturated carbocycles. The van der Waals surface area contributed by atoms with Gasteiger partial charge < -0.3 is 10.2 Å². The van der Waals surface area contributed by atoms with E-state index < -0.39 is 0 Å². The number of furan rings is 1. The van der Waals surface area contributed by atoms with Crippen LogP contribution in [0.2, 0.25) is 0 Å². The summed E-state index contributed by atoms with van der Waals surface area (Å²) in [5, 5.41) is 0. The van der Waals surface area contributed by atoms with Crippen LogP contribution < -0.4 is 5.73 Å². The Morgan fingerprint density at radius 2 is 2.06 bits per heavy atom. The number of hydrogen-bond acceptors (Lipinski definition) is 3. The number of piperidine rings is 1. The molecule has 2 unspecified atom stereocenters. The van der Waals surface area contributed by atoms with Gasteiger partial charge in [0.25, 0.3) is 0 Å². The van der Waals surface area contributed by atoms with E-state index in [1.165, 1.54) is 25.7 Å². The third kappa shape index (κ3) is 1.78. The molecule has 0 spiro atoms. The smallest absolute Gasteiger partial charge is 0.117 e. The zero-order valence-electron chi connectivity index (χ0n) is 9.64. The largest absolute Gasteiger partial charge is 0.468 e. The molecule has 16 heavy (non-hydrogen) atoms. The van der Waals surface area contributed by atoms with Crippen molar-refractivity contribution in [1.82, 2.24) is 4.90 Å². The summed E-state index contributed by atoms with van der Waals surface area (Å²) in [4.78, 5) is 2.63. The van der Waals surface area contributed by atoms with Crippen molar-refractivity contribution < 1.29 is 4.42 Å². The highest BCUT2D eigenvalue weighted by Crippen LogP contribution is 2.39. The highest BCUT2D eigenvalue weighted by atomic mass is 16.3. The Morgan fingerprint density at radius 1 is 1.31 bits per heavy atom. The lowest BCUT2D eigenvalue weighted by atomic mass is 9.91. The molecule has 2 aliphatic rings. The van der Waals surface area contributed by atoms with Crippen LogP contribution in [0.1, 0.15) is 31.4 Å². The monoisotopic (exact) mass is 220 g/mol. The van der Waals surface area contributed by atoms with E-state index >= 15 is 0 Å². The minimum Gasteiger partial charge on any atom is -0.468 e. The van der Waals surface area contributed by atoms with Crippen LogP contribution >= 0.6 is 0 Å². The van der Waals surface area contributed by atoms with E-state index in [1.807, 2.05) is 6.07 Å². The zero-order valence-corrected chi connectivity index (χ0v) is 9.64. The molecule has 2 aliphatic heterocycles. The molecule has 0 aromatic carbocycles. The Hall–Kier alpha value is -0.800. The van der Waals surface area contributed by atoms with E-state index in [0.717, 1.165) is 36.9 Å². The average Bonchev–Trinajstić information content (AvgIpc) is 2.87. The Kier molecular flexibility index (Phi) is 2.74. The number of rotatable bonds is 3. The van der Waals surface area contributed by atoms with E-state index in [1.54, 1.807) is 6.26 Å². The molecular formula is C13H20N2O. The summed E-state index contributed by atoms with van der Waals surface area (Å²) in [6.07, 6.45) is 7.04. The maximum Gasteiger partial charge on any atom is 0.117 e. The first-order valence-corrected chi connectivity index (χ1v) is 6.35. The first kappa shape index (κ1) is 10.4. The number of nitrogens with two attached hydrogens (primary N) is 1. The van der Waals surface area contributed by atoms with E-state index in [4.69, 9.17) is 10.2 Å². The van der Waals surface area contributed by atoms with Crippen molar-refractivity contribution in [3.63, 3.8) is 0 Å². The van der Waals surface area contributed by atoms with Crippen LogP contribution in [-0.2, 0) is 6.54 Å². The summed E-state index contributed by atoms with van der Waals surface area (Å²) >= 11 is 0. The van der Waals surface area contributed by atoms with E-state index in [-0.39, 0.29) is 0 Å². The summed E-state index contributed by atoms with van der Waals surface area (Å²) in [6, 6.07) is 5.55. The van der Waals surface area contributed by atoms with Gasteiger partial charge in [-0.2, -0.15) is 0 Å². The summed E-state index contributed by atoms with van der Waals surface area (Å²) in [5.74, 6) is 1.86. The van der Waals surface area contributed by atoms with Crippen LogP contribution in [0.3, 0.4) is 0 Å². The molecule has 3 heterocycles. The Balaban J connectivity index is 1.69. The van der Waals surface area contributed by atoms with Gasteiger partial charge in [0.15, 0.2) is 0 Å². The lowest BCUT2D eigenvalue weighted by molar-refractivity contribution is 0.0913. The number of hydrogen-bond donors (Lipinski definition) is 1. The van der Waals surface area contributed by atoms with E-state index in [9.17, 15) is 0 Å². The normalized spacial score (nSPS) is 34.4.